The van der Waals surface area contributed by atoms with Crippen LogP contribution in [0.2, 0.25) is 6.04 Å². The molecule has 0 radical (unpaired) electrons. The van der Waals surface area contributed by atoms with E-state index in [1.807, 2.05) is 27.7 Å². The number of rotatable bonds is 6. The Morgan fingerprint density at radius 2 is 1.00 bits per heavy atom. The summed E-state index contributed by atoms with van der Waals surface area (Å²) in [6.45, 7) is 14.4. The van der Waals surface area contributed by atoms with Gasteiger partial charge in [0.15, 0.2) is 0 Å². The molecule has 0 aromatic carbocycles. The molecule has 0 aliphatic carbocycles. The van der Waals surface area contributed by atoms with Gasteiger partial charge < -0.3 is 13.3 Å². The predicted molar refractivity (Wildman–Crippen MR) is 85.2 cm³/mol. The summed E-state index contributed by atoms with van der Waals surface area (Å²) in [7, 11) is 2.70. The second-order valence-electron chi connectivity index (χ2n) is 3.11. The molecule has 0 saturated heterocycles. The Hall–Kier alpha value is 0.0969. The van der Waals surface area contributed by atoms with Crippen molar-refractivity contribution in [2.24, 2.45) is 0 Å². The van der Waals surface area contributed by atoms with Crippen molar-refractivity contribution < 1.29 is 13.3 Å². The second kappa shape index (κ2) is 25.8. The van der Waals surface area contributed by atoms with Crippen molar-refractivity contribution in [1.82, 2.24) is 0 Å². The van der Waals surface area contributed by atoms with E-state index in [4.69, 9.17) is 13.3 Å². The van der Waals surface area contributed by atoms with E-state index in [1.165, 1.54) is 6.42 Å². The lowest BCUT2D eigenvalue weighted by Crippen LogP contribution is -2.42. The van der Waals surface area contributed by atoms with Crippen LogP contribution < -0.4 is 0 Å². The van der Waals surface area contributed by atoms with E-state index in [0.29, 0.717) is 0 Å². The molecule has 0 spiro atoms. The zero-order valence-corrected chi connectivity index (χ0v) is 15.6. The standard InChI is InChI=1S/C7H18O3Si.C3H8.2C2H6/c1-5-6-7-11(8-2,9-3)10-4;1-3-2;2*1-2/h5-7H2,1-4H3;3H2,1-2H3;2*1-2H3. The van der Waals surface area contributed by atoms with Gasteiger partial charge in [0.1, 0.15) is 0 Å². The van der Waals surface area contributed by atoms with Crippen molar-refractivity contribution in [3.63, 3.8) is 0 Å². The van der Waals surface area contributed by atoms with Crippen LogP contribution in [0.3, 0.4) is 0 Å². The first-order valence-corrected chi connectivity index (χ1v) is 9.24. The highest BCUT2D eigenvalue weighted by Gasteiger charge is 2.36. The lowest BCUT2D eigenvalue weighted by molar-refractivity contribution is 0.123. The Balaban J connectivity index is -0.000000118. The van der Waals surface area contributed by atoms with Crippen LogP contribution in [0.5, 0.6) is 0 Å². The maximum absolute atomic E-state index is 5.23. The molecule has 0 aliphatic heterocycles. The Bertz CT molecular complexity index is 98.9. The summed E-state index contributed by atoms with van der Waals surface area (Å²) in [6, 6.07) is 0.910. The minimum absolute atomic E-state index is 0.910. The van der Waals surface area contributed by atoms with E-state index < -0.39 is 8.80 Å². The monoisotopic (exact) mass is 282 g/mol. The van der Waals surface area contributed by atoms with Crippen LogP contribution in [0.4, 0.5) is 0 Å². The second-order valence-corrected chi connectivity index (χ2v) is 6.20. The fraction of sp³-hybridized carbons (Fsp3) is 1.00. The van der Waals surface area contributed by atoms with Gasteiger partial charge in [-0.1, -0.05) is 61.3 Å². The first kappa shape index (κ1) is 26.6. The molecule has 0 unspecified atom stereocenters. The van der Waals surface area contributed by atoms with Crippen LogP contribution in [0.15, 0.2) is 0 Å². The molecule has 0 aromatic rings. The van der Waals surface area contributed by atoms with Gasteiger partial charge in [-0.05, 0) is 6.42 Å². The topological polar surface area (TPSA) is 27.7 Å². The van der Waals surface area contributed by atoms with E-state index in [-0.39, 0.29) is 0 Å². The highest BCUT2D eigenvalue weighted by Crippen LogP contribution is 2.15. The van der Waals surface area contributed by atoms with E-state index in [1.54, 1.807) is 21.3 Å². The van der Waals surface area contributed by atoms with Crippen molar-refractivity contribution >= 4 is 8.80 Å². The minimum atomic E-state index is -2.24. The summed E-state index contributed by atoms with van der Waals surface area (Å²) in [4.78, 5) is 0. The summed E-state index contributed by atoms with van der Waals surface area (Å²) < 4.78 is 15.7. The van der Waals surface area contributed by atoms with Gasteiger partial charge in [0, 0.05) is 27.4 Å². The lowest BCUT2D eigenvalue weighted by atomic mass is 10.4. The van der Waals surface area contributed by atoms with Gasteiger partial charge in [-0.3, -0.25) is 0 Å². The van der Waals surface area contributed by atoms with Gasteiger partial charge in [-0.2, -0.15) is 0 Å². The van der Waals surface area contributed by atoms with E-state index >= 15 is 0 Å². The third-order valence-electron chi connectivity index (χ3n) is 1.77. The third-order valence-corrected chi connectivity index (χ3v) is 4.60. The zero-order chi connectivity index (χ0) is 15.4. The molecular formula is C14H38O3Si. The first-order valence-electron chi connectivity index (χ1n) is 7.31. The summed E-state index contributed by atoms with van der Waals surface area (Å²) in [6.07, 6.45) is 3.49. The predicted octanol–water partition coefficient (Wildman–Crippen LogP) is 5.13. The smallest absolute Gasteiger partial charge is 0.377 e. The maximum Gasteiger partial charge on any atom is 0.500 e. The van der Waals surface area contributed by atoms with E-state index in [9.17, 15) is 0 Å². The van der Waals surface area contributed by atoms with Gasteiger partial charge in [0.2, 0.25) is 0 Å². The van der Waals surface area contributed by atoms with Crippen molar-refractivity contribution in [2.75, 3.05) is 21.3 Å². The average Bonchev–Trinajstić information content (AvgIpc) is 2.46. The number of unbranched alkanes of at least 4 members (excludes halogenated alkanes) is 1. The van der Waals surface area contributed by atoms with Crippen molar-refractivity contribution in [2.45, 2.75) is 73.8 Å². The largest absolute Gasteiger partial charge is 0.500 e. The summed E-state index contributed by atoms with van der Waals surface area (Å²) in [5, 5.41) is 0. The Morgan fingerprint density at radius 3 is 1.17 bits per heavy atom. The summed E-state index contributed by atoms with van der Waals surface area (Å²) >= 11 is 0. The molecule has 0 aromatic heterocycles. The van der Waals surface area contributed by atoms with Crippen LogP contribution in [0.1, 0.15) is 67.7 Å². The van der Waals surface area contributed by atoms with Gasteiger partial charge >= 0.3 is 8.80 Å². The van der Waals surface area contributed by atoms with E-state index in [0.717, 1.165) is 18.9 Å². The average molecular weight is 283 g/mol. The van der Waals surface area contributed by atoms with Gasteiger partial charge in [-0.15, -0.1) is 0 Å². The highest BCUT2D eigenvalue weighted by molar-refractivity contribution is 6.60. The molecule has 0 saturated carbocycles. The SMILES string of the molecule is CC.CC.CCC.CCCC[Si](OC)(OC)OC. The van der Waals surface area contributed by atoms with E-state index in [2.05, 4.69) is 20.8 Å². The van der Waals surface area contributed by atoms with Crippen LogP contribution in [-0.2, 0) is 13.3 Å². The molecule has 0 heterocycles. The molecule has 0 bridgehead atoms. The first-order chi connectivity index (χ1) is 8.66. The fourth-order valence-electron chi connectivity index (χ4n) is 0.949. The summed E-state index contributed by atoms with van der Waals surface area (Å²) in [5.74, 6) is 0. The highest BCUT2D eigenvalue weighted by atomic mass is 28.4. The van der Waals surface area contributed by atoms with Crippen LogP contribution in [0, 0.1) is 0 Å². The number of hydrogen-bond acceptors (Lipinski definition) is 3. The maximum atomic E-state index is 5.23. The Kier molecular flexibility index (Phi) is 38.2. The lowest BCUT2D eigenvalue weighted by Gasteiger charge is -2.23. The Morgan fingerprint density at radius 1 is 0.722 bits per heavy atom. The molecule has 0 atom stereocenters. The van der Waals surface area contributed by atoms with Gasteiger partial charge in [0.25, 0.3) is 0 Å². The zero-order valence-electron chi connectivity index (χ0n) is 14.6. The summed E-state index contributed by atoms with van der Waals surface area (Å²) in [5.41, 5.74) is 0. The van der Waals surface area contributed by atoms with Crippen molar-refractivity contribution in [1.29, 1.82) is 0 Å². The Labute approximate surface area is 118 Å². The fourth-order valence-corrected chi connectivity index (χ4v) is 2.85. The molecule has 4 heteroatoms. The normalized spacial score (nSPS) is 9.00. The molecule has 116 valence electrons. The molecule has 0 amide bonds. The van der Waals surface area contributed by atoms with Crippen molar-refractivity contribution in [3.05, 3.63) is 0 Å². The van der Waals surface area contributed by atoms with Crippen LogP contribution in [-0.4, -0.2) is 30.1 Å². The molecular weight excluding hydrogens is 244 g/mol. The molecule has 0 fully saturated rings. The van der Waals surface area contributed by atoms with Gasteiger partial charge in [0.05, 0.1) is 0 Å². The quantitative estimate of drug-likeness (QED) is 0.632. The van der Waals surface area contributed by atoms with Gasteiger partial charge in [-0.25, -0.2) is 0 Å². The van der Waals surface area contributed by atoms with Crippen LogP contribution in [0.25, 0.3) is 0 Å². The molecule has 0 aliphatic rings. The molecule has 3 nitrogen and oxygen atoms in total. The minimum Gasteiger partial charge on any atom is -0.377 e. The third kappa shape index (κ3) is 18.5. The molecule has 0 rings (SSSR count). The number of hydrogen-bond donors (Lipinski definition) is 0. The van der Waals surface area contributed by atoms with Crippen molar-refractivity contribution in [3.8, 4) is 0 Å². The van der Waals surface area contributed by atoms with Crippen LogP contribution >= 0.6 is 0 Å². The molecule has 0 N–H and O–H groups in total. The molecule has 18 heavy (non-hydrogen) atoms.